The first-order chi connectivity index (χ1) is 15.4. The van der Waals surface area contributed by atoms with Crippen LogP contribution >= 0.6 is 11.6 Å². The molecule has 0 aliphatic heterocycles. The van der Waals surface area contributed by atoms with E-state index in [0.29, 0.717) is 40.0 Å². The topological polar surface area (TPSA) is 98.2 Å². The van der Waals surface area contributed by atoms with E-state index in [4.69, 9.17) is 32.2 Å². The first-order valence-electron chi connectivity index (χ1n) is 9.70. The molecule has 2 rings (SSSR count). The van der Waals surface area contributed by atoms with Crippen molar-refractivity contribution in [3.8, 4) is 29.6 Å². The van der Waals surface area contributed by atoms with Gasteiger partial charge in [0.15, 0.2) is 11.5 Å². The number of rotatable bonds is 10. The van der Waals surface area contributed by atoms with Gasteiger partial charge in [0.2, 0.25) is 0 Å². The second kappa shape index (κ2) is 12.2. The fraction of sp³-hybridized carbons (Fsp3) is 0.261. The average molecular weight is 458 g/mol. The molecule has 0 heterocycles. The summed E-state index contributed by atoms with van der Waals surface area (Å²) in [6, 6.07) is 8.97. The van der Waals surface area contributed by atoms with Gasteiger partial charge in [-0.25, -0.2) is 5.43 Å². The van der Waals surface area contributed by atoms with E-state index in [1.165, 1.54) is 13.3 Å². The van der Waals surface area contributed by atoms with Crippen LogP contribution in [-0.4, -0.2) is 44.4 Å². The van der Waals surface area contributed by atoms with E-state index in [9.17, 15) is 9.59 Å². The predicted molar refractivity (Wildman–Crippen MR) is 123 cm³/mol. The molecule has 2 amide bonds. The van der Waals surface area contributed by atoms with Gasteiger partial charge < -0.3 is 19.5 Å². The lowest BCUT2D eigenvalue weighted by Crippen LogP contribution is -2.43. The number of amides is 2. The Morgan fingerprint density at radius 1 is 1.25 bits per heavy atom. The van der Waals surface area contributed by atoms with Crippen molar-refractivity contribution < 1.29 is 23.8 Å². The van der Waals surface area contributed by atoms with Gasteiger partial charge in [-0.2, -0.15) is 5.10 Å². The molecule has 1 atom stereocenters. The standard InChI is InChI=1S/C23H24ClN3O5/c1-5-11-32-21-19(24)12-16(13-20(21)31-6-2)14-25-27-22(28)15(3)26-23(29)17-7-9-18(30-4)10-8-17/h1,7-10,12-15H,6,11H2,2-4H3,(H,26,29)(H,27,28). The summed E-state index contributed by atoms with van der Waals surface area (Å²) in [6.45, 7) is 3.81. The minimum absolute atomic E-state index is 0.0451. The van der Waals surface area contributed by atoms with Gasteiger partial charge >= 0.3 is 0 Å². The first-order valence-corrected chi connectivity index (χ1v) is 10.1. The van der Waals surface area contributed by atoms with E-state index in [0.717, 1.165) is 0 Å². The fourth-order valence-electron chi connectivity index (χ4n) is 2.53. The Bertz CT molecular complexity index is 1020. The minimum Gasteiger partial charge on any atom is -0.497 e. The summed E-state index contributed by atoms with van der Waals surface area (Å²) in [5.74, 6) is 2.85. The highest BCUT2D eigenvalue weighted by molar-refractivity contribution is 6.32. The van der Waals surface area contributed by atoms with Gasteiger partial charge in [0.1, 0.15) is 18.4 Å². The number of hydrogen-bond donors (Lipinski definition) is 2. The van der Waals surface area contributed by atoms with Gasteiger partial charge in [0.05, 0.1) is 25.0 Å². The number of carbonyl (C=O) groups excluding carboxylic acids is 2. The molecular formula is C23H24ClN3O5. The Morgan fingerprint density at radius 3 is 2.59 bits per heavy atom. The lowest BCUT2D eigenvalue weighted by Gasteiger charge is -2.13. The Balaban J connectivity index is 1.99. The van der Waals surface area contributed by atoms with Crippen LogP contribution in [0.15, 0.2) is 41.5 Å². The molecule has 0 saturated carbocycles. The van der Waals surface area contributed by atoms with Crippen LogP contribution in [0.2, 0.25) is 5.02 Å². The Labute approximate surface area is 191 Å². The maximum Gasteiger partial charge on any atom is 0.262 e. The molecule has 2 N–H and O–H groups in total. The highest BCUT2D eigenvalue weighted by Crippen LogP contribution is 2.36. The van der Waals surface area contributed by atoms with Crippen LogP contribution in [0.3, 0.4) is 0 Å². The van der Waals surface area contributed by atoms with Crippen LogP contribution < -0.4 is 25.0 Å². The Hall–Kier alpha value is -3.70. The van der Waals surface area contributed by atoms with Crippen molar-refractivity contribution in [2.45, 2.75) is 19.9 Å². The van der Waals surface area contributed by atoms with Crippen molar-refractivity contribution in [2.24, 2.45) is 5.10 Å². The Kier molecular flexibility index (Phi) is 9.39. The number of benzene rings is 2. The third-order valence-electron chi connectivity index (χ3n) is 4.11. The van der Waals surface area contributed by atoms with Gasteiger partial charge in [0.25, 0.3) is 11.8 Å². The maximum atomic E-state index is 12.3. The van der Waals surface area contributed by atoms with Crippen molar-refractivity contribution >= 4 is 29.6 Å². The van der Waals surface area contributed by atoms with Crippen LogP contribution in [0, 0.1) is 12.3 Å². The summed E-state index contributed by atoms with van der Waals surface area (Å²) >= 11 is 6.25. The monoisotopic (exact) mass is 457 g/mol. The lowest BCUT2D eigenvalue weighted by atomic mass is 10.2. The number of halogens is 1. The van der Waals surface area contributed by atoms with Crippen molar-refractivity contribution in [2.75, 3.05) is 20.3 Å². The van der Waals surface area contributed by atoms with Gasteiger partial charge in [-0.15, -0.1) is 6.42 Å². The van der Waals surface area contributed by atoms with Crippen LogP contribution in [-0.2, 0) is 4.79 Å². The number of methoxy groups -OCH3 is 1. The molecule has 0 radical (unpaired) electrons. The van der Waals surface area contributed by atoms with Crippen LogP contribution in [0.4, 0.5) is 0 Å². The summed E-state index contributed by atoms with van der Waals surface area (Å²) < 4.78 is 16.0. The minimum atomic E-state index is -0.816. The van der Waals surface area contributed by atoms with E-state index in [1.54, 1.807) is 43.3 Å². The quantitative estimate of drug-likeness (QED) is 0.324. The molecule has 32 heavy (non-hydrogen) atoms. The molecule has 2 aromatic carbocycles. The van der Waals surface area contributed by atoms with Crippen molar-refractivity contribution in [1.82, 2.24) is 10.7 Å². The summed E-state index contributed by atoms with van der Waals surface area (Å²) in [5.41, 5.74) is 3.35. The third kappa shape index (κ3) is 6.93. The summed E-state index contributed by atoms with van der Waals surface area (Å²) in [5, 5.41) is 6.82. The molecular weight excluding hydrogens is 434 g/mol. The fourth-order valence-corrected chi connectivity index (χ4v) is 2.81. The van der Waals surface area contributed by atoms with Gasteiger partial charge in [-0.05, 0) is 55.8 Å². The van der Waals surface area contributed by atoms with Gasteiger partial charge in [-0.3, -0.25) is 9.59 Å². The largest absolute Gasteiger partial charge is 0.497 e. The number of nitrogens with one attached hydrogen (secondary N) is 2. The van der Waals surface area contributed by atoms with Gasteiger partial charge in [0, 0.05) is 5.56 Å². The summed E-state index contributed by atoms with van der Waals surface area (Å²) in [6.07, 6.45) is 6.62. The van der Waals surface area contributed by atoms with E-state index >= 15 is 0 Å². The zero-order valence-corrected chi connectivity index (χ0v) is 18.7. The summed E-state index contributed by atoms with van der Waals surface area (Å²) in [7, 11) is 1.54. The SMILES string of the molecule is C#CCOc1c(Cl)cc(C=NNC(=O)C(C)NC(=O)c2ccc(OC)cc2)cc1OCC. The highest BCUT2D eigenvalue weighted by atomic mass is 35.5. The second-order valence-electron chi connectivity index (χ2n) is 6.41. The number of hydrogen-bond acceptors (Lipinski definition) is 6. The van der Waals surface area contributed by atoms with Crippen molar-refractivity contribution in [1.29, 1.82) is 0 Å². The molecule has 1 unspecified atom stereocenters. The third-order valence-corrected chi connectivity index (χ3v) is 4.39. The molecule has 0 fully saturated rings. The van der Waals surface area contributed by atoms with E-state index < -0.39 is 17.9 Å². The van der Waals surface area contributed by atoms with Crippen molar-refractivity contribution in [3.05, 3.63) is 52.5 Å². The molecule has 0 aromatic heterocycles. The number of ether oxygens (including phenoxy) is 3. The molecule has 9 heteroatoms. The second-order valence-corrected chi connectivity index (χ2v) is 6.82. The smallest absolute Gasteiger partial charge is 0.262 e. The van der Waals surface area contributed by atoms with Crippen LogP contribution in [0.25, 0.3) is 0 Å². The molecule has 2 aromatic rings. The highest BCUT2D eigenvalue weighted by Gasteiger charge is 2.16. The van der Waals surface area contributed by atoms with Crippen LogP contribution in [0.1, 0.15) is 29.8 Å². The molecule has 8 nitrogen and oxygen atoms in total. The number of hydrazone groups is 1. The number of carbonyl (C=O) groups is 2. The van der Waals surface area contributed by atoms with E-state index in [2.05, 4.69) is 21.8 Å². The molecule has 0 bridgehead atoms. The maximum absolute atomic E-state index is 12.3. The predicted octanol–water partition coefficient (Wildman–Crippen LogP) is 3.03. The molecule has 0 aliphatic carbocycles. The van der Waals surface area contributed by atoms with Crippen molar-refractivity contribution in [3.63, 3.8) is 0 Å². The zero-order chi connectivity index (χ0) is 23.5. The van der Waals surface area contributed by atoms with E-state index in [-0.39, 0.29) is 6.61 Å². The number of nitrogens with zero attached hydrogens (tertiary/aromatic N) is 1. The van der Waals surface area contributed by atoms with E-state index in [1.807, 2.05) is 6.92 Å². The molecule has 168 valence electrons. The molecule has 0 spiro atoms. The average Bonchev–Trinajstić information content (AvgIpc) is 2.78. The first kappa shape index (κ1) is 24.6. The lowest BCUT2D eigenvalue weighted by molar-refractivity contribution is -0.122. The zero-order valence-electron chi connectivity index (χ0n) is 18.0. The van der Waals surface area contributed by atoms with Gasteiger partial charge in [-0.1, -0.05) is 17.5 Å². The molecule has 0 aliphatic rings. The Morgan fingerprint density at radius 2 is 1.97 bits per heavy atom. The normalized spacial score (nSPS) is 11.3. The summed E-state index contributed by atoms with van der Waals surface area (Å²) in [4.78, 5) is 24.5. The molecule has 0 saturated heterocycles. The van der Waals surface area contributed by atoms with Crippen LogP contribution in [0.5, 0.6) is 17.2 Å². The number of terminal acetylenes is 1.